The molecule has 21 heavy (non-hydrogen) atoms. The smallest absolute Gasteiger partial charge is 0.254 e. The summed E-state index contributed by atoms with van der Waals surface area (Å²) in [6.07, 6.45) is 9.84. The van der Waals surface area contributed by atoms with Crippen molar-refractivity contribution in [2.45, 2.75) is 19.5 Å². The Bertz CT molecular complexity index is 638. The van der Waals surface area contributed by atoms with Crippen LogP contribution in [-0.2, 0) is 13.1 Å². The fourth-order valence-corrected chi connectivity index (χ4v) is 2.01. The molecule has 2 rings (SSSR count). The Morgan fingerprint density at radius 2 is 1.90 bits per heavy atom. The predicted octanol–water partition coefficient (Wildman–Crippen LogP) is 0.259. The normalized spacial score (nSPS) is 10.9. The van der Waals surface area contributed by atoms with Crippen LogP contribution in [-0.4, -0.2) is 17.3 Å². The van der Waals surface area contributed by atoms with Gasteiger partial charge in [0.05, 0.1) is 12.6 Å². The summed E-state index contributed by atoms with van der Waals surface area (Å²) in [6, 6.07) is 7.27. The van der Waals surface area contributed by atoms with Gasteiger partial charge < -0.3 is 10.9 Å². The van der Waals surface area contributed by atoms with Crippen molar-refractivity contribution in [1.29, 1.82) is 0 Å². The lowest BCUT2D eigenvalue weighted by atomic mass is 10.2. The fraction of sp³-hybridized carbons (Fsp3) is 0.200. The summed E-state index contributed by atoms with van der Waals surface area (Å²) in [5, 5.41) is 11.4. The molecule has 0 unspecified atom stereocenters. The zero-order chi connectivity index (χ0) is 15.1. The first kappa shape index (κ1) is 14.6. The molecule has 0 bridgehead atoms. The number of carbonyl (C=O) groups excluding carboxylic acids is 1. The summed E-state index contributed by atoms with van der Waals surface area (Å²) in [6.45, 7) is 1.65. The molecule has 0 saturated heterocycles. The topological polar surface area (TPSA) is 83.4 Å². The molecule has 6 heteroatoms. The van der Waals surface area contributed by atoms with E-state index in [1.54, 1.807) is 12.3 Å². The van der Waals surface area contributed by atoms with Gasteiger partial charge in [0, 0.05) is 23.8 Å². The molecule has 0 atom stereocenters. The molecule has 0 fully saturated rings. The third kappa shape index (κ3) is 4.38. The molecule has 0 radical (unpaired) electrons. The number of aromatic nitrogens is 2. The molecule has 0 aliphatic heterocycles. The maximum Gasteiger partial charge on any atom is 0.254 e. The van der Waals surface area contributed by atoms with Crippen molar-refractivity contribution >= 4 is 12.1 Å². The molecular weight excluding hydrogens is 268 g/mol. The van der Waals surface area contributed by atoms with E-state index in [9.17, 15) is 4.79 Å². The van der Waals surface area contributed by atoms with E-state index in [1.165, 1.54) is 6.21 Å². The van der Waals surface area contributed by atoms with E-state index in [0.29, 0.717) is 5.56 Å². The van der Waals surface area contributed by atoms with E-state index < -0.39 is 5.91 Å². The number of primary amides is 1. The number of carbonyl (C=O) groups is 1. The van der Waals surface area contributed by atoms with Gasteiger partial charge in [-0.3, -0.25) is 4.79 Å². The highest BCUT2D eigenvalue weighted by Gasteiger charge is 2.08. The Hall–Kier alpha value is -2.76. The predicted molar refractivity (Wildman–Crippen MR) is 75.8 cm³/mol. The lowest BCUT2D eigenvalue weighted by Gasteiger charge is -1.98. The molecule has 2 heterocycles. The number of nitrogens with zero attached hydrogens (tertiary/aromatic N) is 3. The van der Waals surface area contributed by atoms with Crippen LogP contribution in [0.5, 0.6) is 0 Å². The van der Waals surface area contributed by atoms with Gasteiger partial charge in [0.25, 0.3) is 5.91 Å². The van der Waals surface area contributed by atoms with Gasteiger partial charge in [-0.1, -0.05) is 5.16 Å². The number of amides is 1. The zero-order valence-corrected chi connectivity index (χ0v) is 11.6. The van der Waals surface area contributed by atoms with Gasteiger partial charge in [-0.15, -0.1) is 0 Å². The number of hydrogen-bond donors (Lipinski definition) is 2. The maximum absolute atomic E-state index is 11.1. The van der Waals surface area contributed by atoms with Gasteiger partial charge in [0.1, 0.15) is 5.56 Å². The summed E-state index contributed by atoms with van der Waals surface area (Å²) in [4.78, 5) is 11.1. The number of pyridine rings is 2. The monoisotopic (exact) mass is 286 g/mol. The third-order valence-electron chi connectivity index (χ3n) is 3.10. The Labute approximate surface area is 122 Å². The highest BCUT2D eigenvalue weighted by Crippen LogP contribution is 1.94. The minimum Gasteiger partial charge on any atom is -0.411 e. The molecule has 0 spiro atoms. The van der Waals surface area contributed by atoms with Crippen LogP contribution in [0.3, 0.4) is 0 Å². The Balaban J connectivity index is 1.89. The molecule has 0 aliphatic rings. The van der Waals surface area contributed by atoms with Crippen molar-refractivity contribution in [2.75, 3.05) is 0 Å². The molecule has 2 aromatic heterocycles. The molecule has 6 nitrogen and oxygen atoms in total. The third-order valence-corrected chi connectivity index (χ3v) is 3.10. The van der Waals surface area contributed by atoms with E-state index in [-0.39, 0.29) is 0 Å². The van der Waals surface area contributed by atoms with E-state index in [4.69, 9.17) is 10.9 Å². The first-order valence-corrected chi connectivity index (χ1v) is 6.64. The number of nitrogens with two attached hydrogens (primary N) is 1. The van der Waals surface area contributed by atoms with Crippen molar-refractivity contribution in [3.05, 3.63) is 60.2 Å². The lowest BCUT2D eigenvalue weighted by Crippen LogP contribution is -2.39. The zero-order valence-electron chi connectivity index (χ0n) is 11.6. The van der Waals surface area contributed by atoms with E-state index in [1.807, 2.05) is 45.9 Å². The molecule has 3 N–H and O–H groups in total. The van der Waals surface area contributed by atoms with Gasteiger partial charge in [-0.25, -0.2) is 9.13 Å². The van der Waals surface area contributed by atoms with Crippen molar-refractivity contribution in [3.63, 3.8) is 0 Å². The molecule has 2 aromatic rings. The van der Waals surface area contributed by atoms with Gasteiger partial charge in [-0.05, 0) is 6.07 Å². The molecule has 108 valence electrons. The van der Waals surface area contributed by atoms with Crippen LogP contribution in [0.2, 0.25) is 0 Å². The Kier molecular flexibility index (Phi) is 4.98. The molecule has 1 amide bonds. The van der Waals surface area contributed by atoms with Gasteiger partial charge in [0.2, 0.25) is 0 Å². The van der Waals surface area contributed by atoms with E-state index in [0.717, 1.165) is 25.1 Å². The number of rotatable bonds is 6. The van der Waals surface area contributed by atoms with Crippen molar-refractivity contribution in [3.8, 4) is 0 Å². The second-order valence-electron chi connectivity index (χ2n) is 4.66. The summed E-state index contributed by atoms with van der Waals surface area (Å²) < 4.78 is 4.00. The average molecular weight is 286 g/mol. The first-order chi connectivity index (χ1) is 10.2. The Morgan fingerprint density at radius 3 is 2.57 bits per heavy atom. The first-order valence-electron chi connectivity index (χ1n) is 6.64. The number of oxime groups is 1. The molecule has 0 saturated carbocycles. The summed E-state index contributed by atoms with van der Waals surface area (Å²) in [7, 11) is 0. The number of hydrogen-bond acceptors (Lipinski definition) is 3. The van der Waals surface area contributed by atoms with Crippen LogP contribution >= 0.6 is 0 Å². The van der Waals surface area contributed by atoms with Crippen LogP contribution in [0.15, 0.2) is 54.2 Å². The average Bonchev–Trinajstić information content (AvgIpc) is 2.50. The van der Waals surface area contributed by atoms with Crippen LogP contribution in [0, 0.1) is 0 Å². The van der Waals surface area contributed by atoms with E-state index in [2.05, 4.69) is 5.16 Å². The van der Waals surface area contributed by atoms with Crippen LogP contribution in [0.4, 0.5) is 0 Å². The van der Waals surface area contributed by atoms with Crippen molar-refractivity contribution in [1.82, 2.24) is 0 Å². The minimum absolute atomic E-state index is 0.417. The van der Waals surface area contributed by atoms with Crippen LogP contribution in [0.1, 0.15) is 22.3 Å². The van der Waals surface area contributed by atoms with Gasteiger partial charge in [0.15, 0.2) is 37.9 Å². The minimum atomic E-state index is -0.417. The summed E-state index contributed by atoms with van der Waals surface area (Å²) >= 11 is 0. The summed E-state index contributed by atoms with van der Waals surface area (Å²) in [5.41, 5.74) is 6.61. The quantitative estimate of drug-likeness (QED) is 0.345. The highest BCUT2D eigenvalue weighted by atomic mass is 16.4. The summed E-state index contributed by atoms with van der Waals surface area (Å²) in [5.74, 6) is -0.417. The van der Waals surface area contributed by atoms with Gasteiger partial charge in [-0.2, -0.15) is 0 Å². The fourth-order valence-electron chi connectivity index (χ4n) is 2.01. The largest absolute Gasteiger partial charge is 0.411 e. The van der Waals surface area contributed by atoms with Crippen molar-refractivity contribution < 1.29 is 19.1 Å². The molecular formula is C15H18N4O2+2. The van der Waals surface area contributed by atoms with E-state index >= 15 is 0 Å². The molecule has 0 aliphatic carbocycles. The number of aryl methyl sites for hydroxylation is 2. The SMILES string of the molecule is NC(=O)c1ccc[n+](CCC[n+]2ccc(/C=N\O)cc2)c1. The standard InChI is InChI=1S/C15H16N4O2/c16-15(20)14-3-1-6-19(12-14)8-2-7-18-9-4-13(5-10-18)11-17-21/h1,3-6,9-12H,2,7-8H2,(H-,16,20)/p+2. The van der Waals surface area contributed by atoms with Crippen LogP contribution in [0.25, 0.3) is 0 Å². The highest BCUT2D eigenvalue weighted by molar-refractivity contribution is 5.92. The maximum atomic E-state index is 11.1. The van der Waals surface area contributed by atoms with Gasteiger partial charge >= 0.3 is 0 Å². The van der Waals surface area contributed by atoms with Crippen molar-refractivity contribution in [2.24, 2.45) is 10.9 Å². The molecule has 0 aromatic carbocycles. The second-order valence-corrected chi connectivity index (χ2v) is 4.66. The Morgan fingerprint density at radius 1 is 1.19 bits per heavy atom. The second kappa shape index (κ2) is 7.14. The lowest BCUT2D eigenvalue weighted by molar-refractivity contribution is -0.727. The van der Waals surface area contributed by atoms with Crippen LogP contribution < -0.4 is 14.9 Å².